The van der Waals surface area contributed by atoms with Crippen LogP contribution in [0, 0.1) is 13.8 Å². The van der Waals surface area contributed by atoms with Gasteiger partial charge in [0.2, 0.25) is 5.76 Å². The lowest BCUT2D eigenvalue weighted by Crippen LogP contribution is -2.31. The molecule has 4 nitrogen and oxygen atoms in total. The fourth-order valence-electron chi connectivity index (χ4n) is 4.68. The number of hydrogen-bond donors (Lipinski definition) is 0. The highest BCUT2D eigenvalue weighted by molar-refractivity contribution is 5.99. The average Bonchev–Trinajstić information content (AvgIpc) is 3.11. The molecule has 0 spiro atoms. The van der Waals surface area contributed by atoms with Crippen molar-refractivity contribution in [2.24, 2.45) is 0 Å². The average molecular weight is 438 g/mol. The second kappa shape index (κ2) is 8.36. The van der Waals surface area contributed by atoms with E-state index in [-0.39, 0.29) is 17.1 Å². The highest BCUT2D eigenvalue weighted by atomic mass is 16.3. The molecule has 0 aliphatic carbocycles. The van der Waals surface area contributed by atoms with E-state index in [9.17, 15) is 9.59 Å². The number of nitrogens with zero attached hydrogens (tertiary/aromatic N) is 1. The number of amides is 1. The van der Waals surface area contributed by atoms with Gasteiger partial charge in [-0.2, -0.15) is 0 Å². The lowest BCUT2D eigenvalue weighted by molar-refractivity contribution is 0.0730. The minimum absolute atomic E-state index is 0.116. The van der Waals surface area contributed by atoms with Crippen molar-refractivity contribution in [1.29, 1.82) is 0 Å². The molecule has 1 aliphatic rings. The Morgan fingerprint density at radius 1 is 0.879 bits per heavy atom. The van der Waals surface area contributed by atoms with Crippen molar-refractivity contribution in [2.45, 2.75) is 39.7 Å². The summed E-state index contributed by atoms with van der Waals surface area (Å²) in [5.74, 6) is -0.0453. The van der Waals surface area contributed by atoms with Crippen LogP contribution in [0.25, 0.3) is 11.0 Å². The minimum atomic E-state index is -0.454. The van der Waals surface area contributed by atoms with Crippen LogP contribution in [0.4, 0.5) is 0 Å². The van der Waals surface area contributed by atoms with E-state index in [0.29, 0.717) is 29.5 Å². The molecule has 1 unspecified atom stereocenters. The van der Waals surface area contributed by atoms with Crippen molar-refractivity contribution >= 4 is 16.9 Å². The van der Waals surface area contributed by atoms with Crippen molar-refractivity contribution in [2.75, 3.05) is 6.54 Å². The van der Waals surface area contributed by atoms with Crippen LogP contribution in [-0.2, 0) is 12.8 Å². The van der Waals surface area contributed by atoms with Crippen molar-refractivity contribution in [3.63, 3.8) is 0 Å². The second-order valence-corrected chi connectivity index (χ2v) is 8.84. The van der Waals surface area contributed by atoms with Crippen LogP contribution in [0.1, 0.15) is 56.9 Å². The molecular weight excluding hydrogens is 410 g/mol. The van der Waals surface area contributed by atoms with E-state index >= 15 is 0 Å². The molecule has 2 heterocycles. The Balaban J connectivity index is 1.66. The molecule has 1 aromatic heterocycles. The third-order valence-corrected chi connectivity index (χ3v) is 6.77. The molecule has 4 heteroatoms. The smallest absolute Gasteiger partial charge is 0.290 e. The van der Waals surface area contributed by atoms with Gasteiger partial charge in [-0.25, -0.2) is 0 Å². The van der Waals surface area contributed by atoms with Gasteiger partial charge in [-0.15, -0.1) is 0 Å². The zero-order valence-corrected chi connectivity index (χ0v) is 19.2. The number of aryl methyl sites for hydroxylation is 3. The Bertz CT molecular complexity index is 1400. The third-order valence-electron chi connectivity index (χ3n) is 6.77. The van der Waals surface area contributed by atoms with Gasteiger partial charge in [0.1, 0.15) is 5.58 Å². The Hall–Kier alpha value is -3.66. The van der Waals surface area contributed by atoms with Gasteiger partial charge in [0, 0.05) is 6.54 Å². The Labute approximate surface area is 193 Å². The fraction of sp³-hybridized carbons (Fsp3) is 0.241. The topological polar surface area (TPSA) is 50.5 Å². The SMILES string of the molecule is CCc1ccc(C2c3c(oc4cc(C)c(C)cc4c3=O)C(=O)N2CCc2ccccc2)cc1. The molecule has 1 atom stereocenters. The standard InChI is InChI=1S/C29H27NO3/c1-4-20-10-12-22(13-11-20)26-25-27(31)23-16-18(2)19(3)17-24(23)33-28(25)29(32)30(26)15-14-21-8-6-5-7-9-21/h5-13,16-17,26H,4,14-15H2,1-3H3. The molecule has 0 fully saturated rings. The lowest BCUT2D eigenvalue weighted by atomic mass is 9.96. The van der Waals surface area contributed by atoms with E-state index in [1.165, 1.54) is 5.56 Å². The van der Waals surface area contributed by atoms with Gasteiger partial charge in [0.25, 0.3) is 5.91 Å². The van der Waals surface area contributed by atoms with Gasteiger partial charge in [-0.05, 0) is 66.6 Å². The number of benzene rings is 3. The van der Waals surface area contributed by atoms with Crippen LogP contribution in [-0.4, -0.2) is 17.4 Å². The van der Waals surface area contributed by atoms with Gasteiger partial charge >= 0.3 is 0 Å². The third kappa shape index (κ3) is 3.66. The maximum Gasteiger partial charge on any atom is 0.290 e. The molecule has 5 rings (SSSR count). The van der Waals surface area contributed by atoms with E-state index in [0.717, 1.165) is 28.7 Å². The summed E-state index contributed by atoms with van der Waals surface area (Å²) in [7, 11) is 0. The van der Waals surface area contributed by atoms with E-state index in [4.69, 9.17) is 4.42 Å². The number of carbonyl (C=O) groups excluding carboxylic acids is 1. The van der Waals surface area contributed by atoms with Crippen LogP contribution >= 0.6 is 0 Å². The molecule has 0 saturated heterocycles. The van der Waals surface area contributed by atoms with Crippen LogP contribution in [0.2, 0.25) is 0 Å². The Morgan fingerprint density at radius 2 is 1.58 bits per heavy atom. The van der Waals surface area contributed by atoms with Crippen molar-refractivity contribution < 1.29 is 9.21 Å². The predicted octanol–water partition coefficient (Wildman–Crippen LogP) is 5.76. The molecule has 1 amide bonds. The van der Waals surface area contributed by atoms with Crippen molar-refractivity contribution in [3.8, 4) is 0 Å². The summed E-state index contributed by atoms with van der Waals surface area (Å²) >= 11 is 0. The van der Waals surface area contributed by atoms with Crippen LogP contribution < -0.4 is 5.43 Å². The summed E-state index contributed by atoms with van der Waals surface area (Å²) in [6.45, 7) is 6.58. The number of rotatable bonds is 5. The van der Waals surface area contributed by atoms with Gasteiger partial charge in [0.15, 0.2) is 5.43 Å². The summed E-state index contributed by atoms with van der Waals surface area (Å²) in [5, 5.41) is 0.532. The number of fused-ring (bicyclic) bond motifs is 2. The zero-order chi connectivity index (χ0) is 23.1. The largest absolute Gasteiger partial charge is 0.450 e. The van der Waals surface area contributed by atoms with Crippen LogP contribution in [0.15, 0.2) is 75.9 Å². The maximum absolute atomic E-state index is 13.7. The van der Waals surface area contributed by atoms with E-state index in [1.54, 1.807) is 4.90 Å². The van der Waals surface area contributed by atoms with Crippen molar-refractivity contribution in [3.05, 3.63) is 116 Å². The molecule has 3 aromatic carbocycles. The first-order valence-corrected chi connectivity index (χ1v) is 11.5. The molecule has 0 N–H and O–H groups in total. The molecule has 0 saturated carbocycles. The van der Waals surface area contributed by atoms with Gasteiger partial charge in [-0.3, -0.25) is 9.59 Å². The highest BCUT2D eigenvalue weighted by Crippen LogP contribution is 2.38. The van der Waals surface area contributed by atoms with Crippen LogP contribution in [0.3, 0.4) is 0 Å². The van der Waals surface area contributed by atoms with E-state index in [2.05, 4.69) is 31.2 Å². The quantitative estimate of drug-likeness (QED) is 0.399. The molecular formula is C29H27NO3. The molecule has 1 aliphatic heterocycles. The predicted molar refractivity (Wildman–Crippen MR) is 131 cm³/mol. The Morgan fingerprint density at radius 3 is 2.27 bits per heavy atom. The molecule has 4 aromatic rings. The second-order valence-electron chi connectivity index (χ2n) is 8.84. The maximum atomic E-state index is 13.7. The zero-order valence-electron chi connectivity index (χ0n) is 19.2. The highest BCUT2D eigenvalue weighted by Gasteiger charge is 2.42. The normalized spacial score (nSPS) is 15.3. The summed E-state index contributed by atoms with van der Waals surface area (Å²) in [6.07, 6.45) is 1.64. The monoisotopic (exact) mass is 437 g/mol. The summed E-state index contributed by atoms with van der Waals surface area (Å²) < 4.78 is 6.12. The van der Waals surface area contributed by atoms with E-state index < -0.39 is 6.04 Å². The number of carbonyl (C=O) groups is 1. The molecule has 0 bridgehead atoms. The lowest BCUT2D eigenvalue weighted by Gasteiger charge is -2.25. The van der Waals surface area contributed by atoms with Crippen molar-refractivity contribution in [1.82, 2.24) is 4.90 Å². The first-order valence-electron chi connectivity index (χ1n) is 11.5. The molecule has 33 heavy (non-hydrogen) atoms. The van der Waals surface area contributed by atoms with Gasteiger partial charge in [-0.1, -0.05) is 61.5 Å². The first kappa shape index (κ1) is 21.2. The summed E-state index contributed by atoms with van der Waals surface area (Å²) in [4.78, 5) is 29.1. The number of hydrogen-bond acceptors (Lipinski definition) is 3. The first-order chi connectivity index (χ1) is 16.0. The molecule has 166 valence electrons. The minimum Gasteiger partial charge on any atom is -0.450 e. The van der Waals surface area contributed by atoms with Gasteiger partial charge in [0.05, 0.1) is 17.0 Å². The summed E-state index contributed by atoms with van der Waals surface area (Å²) in [5.41, 5.74) is 6.17. The Kier molecular flexibility index (Phi) is 5.37. The molecule has 0 radical (unpaired) electrons. The van der Waals surface area contributed by atoms with E-state index in [1.807, 2.05) is 56.3 Å². The fourth-order valence-corrected chi connectivity index (χ4v) is 4.68. The van der Waals surface area contributed by atoms with Gasteiger partial charge < -0.3 is 9.32 Å². The van der Waals surface area contributed by atoms with Crippen LogP contribution in [0.5, 0.6) is 0 Å². The summed E-state index contributed by atoms with van der Waals surface area (Å²) in [6, 6.07) is 21.6.